The van der Waals surface area contributed by atoms with Crippen molar-refractivity contribution in [2.75, 3.05) is 13.2 Å². The lowest BCUT2D eigenvalue weighted by Gasteiger charge is -2.15. The van der Waals surface area contributed by atoms with Crippen LogP contribution in [0.5, 0.6) is 0 Å². The van der Waals surface area contributed by atoms with Crippen molar-refractivity contribution in [2.45, 2.75) is 64.3 Å². The zero-order chi connectivity index (χ0) is 15.9. The summed E-state index contributed by atoms with van der Waals surface area (Å²) in [6.07, 6.45) is 5.86. The molecule has 0 spiro atoms. The maximum Gasteiger partial charge on any atom is 0.220 e. The van der Waals surface area contributed by atoms with Crippen molar-refractivity contribution in [1.82, 2.24) is 5.32 Å². The summed E-state index contributed by atoms with van der Waals surface area (Å²) in [6.45, 7) is 2.10. The van der Waals surface area contributed by atoms with Crippen LogP contribution in [0, 0.1) is 0 Å². The Bertz CT molecular complexity index is 354. The molecule has 0 saturated heterocycles. The Hall–Kier alpha value is -1.59. The molecule has 0 radical (unpaired) electrons. The zero-order valence-corrected chi connectivity index (χ0v) is 12.8. The van der Waals surface area contributed by atoms with Gasteiger partial charge in [-0.15, -0.1) is 0 Å². The number of amides is 1. The minimum absolute atomic E-state index is 0.115. The van der Waals surface area contributed by atoms with Gasteiger partial charge in [0.15, 0.2) is 5.78 Å². The molecule has 0 saturated carbocycles. The molecule has 0 aliphatic carbocycles. The SMILES string of the molecule is CCCCCCC(=O)C(CO)NC(=O)CCCCN=[N+]=[N-]. The molecule has 1 atom stereocenters. The molecule has 1 unspecified atom stereocenters. The Labute approximate surface area is 125 Å². The first-order valence-corrected chi connectivity index (χ1v) is 7.59. The maximum absolute atomic E-state index is 11.9. The smallest absolute Gasteiger partial charge is 0.220 e. The van der Waals surface area contributed by atoms with Gasteiger partial charge in [0, 0.05) is 24.3 Å². The van der Waals surface area contributed by atoms with Crippen molar-refractivity contribution < 1.29 is 14.7 Å². The number of nitrogens with zero attached hydrogens (tertiary/aromatic N) is 3. The van der Waals surface area contributed by atoms with Crippen LogP contribution in [0.25, 0.3) is 10.4 Å². The van der Waals surface area contributed by atoms with Gasteiger partial charge in [0.05, 0.1) is 6.61 Å². The van der Waals surface area contributed by atoms with Gasteiger partial charge in [0.1, 0.15) is 6.04 Å². The van der Waals surface area contributed by atoms with Crippen LogP contribution in [0.15, 0.2) is 5.11 Å². The van der Waals surface area contributed by atoms with Gasteiger partial charge in [0.25, 0.3) is 0 Å². The number of unbranched alkanes of at least 4 members (excludes halogenated alkanes) is 4. The van der Waals surface area contributed by atoms with Gasteiger partial charge in [-0.25, -0.2) is 0 Å². The van der Waals surface area contributed by atoms with Crippen LogP contribution < -0.4 is 5.32 Å². The first-order valence-electron chi connectivity index (χ1n) is 7.59. The van der Waals surface area contributed by atoms with Crippen LogP contribution in [0.4, 0.5) is 0 Å². The molecule has 21 heavy (non-hydrogen) atoms. The van der Waals surface area contributed by atoms with E-state index in [4.69, 9.17) is 5.53 Å². The van der Waals surface area contributed by atoms with E-state index in [9.17, 15) is 14.7 Å². The van der Waals surface area contributed by atoms with Crippen LogP contribution in [0.1, 0.15) is 58.3 Å². The second-order valence-electron chi connectivity index (χ2n) is 4.99. The van der Waals surface area contributed by atoms with Crippen molar-refractivity contribution in [1.29, 1.82) is 0 Å². The van der Waals surface area contributed by atoms with E-state index in [2.05, 4.69) is 22.3 Å². The molecule has 7 heteroatoms. The van der Waals surface area contributed by atoms with Crippen molar-refractivity contribution >= 4 is 11.7 Å². The lowest BCUT2D eigenvalue weighted by molar-refractivity contribution is -0.128. The largest absolute Gasteiger partial charge is 0.394 e. The molecule has 120 valence electrons. The minimum atomic E-state index is -0.795. The van der Waals surface area contributed by atoms with E-state index in [0.717, 1.165) is 25.7 Å². The number of Topliss-reactive ketones (excluding diaryl/α,β-unsaturated/α-hetero) is 1. The van der Waals surface area contributed by atoms with Crippen molar-refractivity contribution in [3.8, 4) is 0 Å². The van der Waals surface area contributed by atoms with E-state index in [1.54, 1.807) is 0 Å². The fourth-order valence-electron chi connectivity index (χ4n) is 1.91. The van der Waals surface area contributed by atoms with Crippen molar-refractivity contribution in [2.24, 2.45) is 5.11 Å². The van der Waals surface area contributed by atoms with Gasteiger partial charge in [-0.2, -0.15) is 0 Å². The summed E-state index contributed by atoms with van der Waals surface area (Å²) >= 11 is 0. The highest BCUT2D eigenvalue weighted by Crippen LogP contribution is 2.05. The maximum atomic E-state index is 11.9. The first kappa shape index (κ1) is 19.4. The molecule has 0 aliphatic rings. The second kappa shape index (κ2) is 13.4. The average Bonchev–Trinajstić information content (AvgIpc) is 2.48. The number of carbonyl (C=O) groups excluding carboxylic acids is 2. The molecule has 0 aromatic rings. The van der Waals surface area contributed by atoms with Crippen molar-refractivity contribution in [3.63, 3.8) is 0 Å². The summed E-state index contributed by atoms with van der Waals surface area (Å²) in [7, 11) is 0. The Balaban J connectivity index is 3.91. The molecular weight excluding hydrogens is 272 g/mol. The number of carbonyl (C=O) groups is 2. The van der Waals surface area contributed by atoms with Gasteiger partial charge >= 0.3 is 0 Å². The fourth-order valence-corrected chi connectivity index (χ4v) is 1.91. The van der Waals surface area contributed by atoms with Crippen LogP contribution in [-0.4, -0.2) is 36.0 Å². The van der Waals surface area contributed by atoms with E-state index in [1.807, 2.05) is 0 Å². The van der Waals surface area contributed by atoms with Crippen LogP contribution in [0.3, 0.4) is 0 Å². The van der Waals surface area contributed by atoms with E-state index in [1.165, 1.54) is 0 Å². The normalized spacial score (nSPS) is 11.5. The van der Waals surface area contributed by atoms with Gasteiger partial charge in [-0.05, 0) is 24.8 Å². The average molecular weight is 298 g/mol. The van der Waals surface area contributed by atoms with E-state index >= 15 is 0 Å². The topological polar surface area (TPSA) is 115 Å². The van der Waals surface area contributed by atoms with Gasteiger partial charge in [-0.3, -0.25) is 9.59 Å². The monoisotopic (exact) mass is 298 g/mol. The number of hydrogen-bond acceptors (Lipinski definition) is 4. The number of nitrogens with one attached hydrogen (secondary N) is 1. The third-order valence-corrected chi connectivity index (χ3v) is 3.16. The molecule has 0 fully saturated rings. The molecule has 0 heterocycles. The highest BCUT2D eigenvalue weighted by Gasteiger charge is 2.18. The lowest BCUT2D eigenvalue weighted by Crippen LogP contribution is -2.43. The second-order valence-corrected chi connectivity index (χ2v) is 4.99. The van der Waals surface area contributed by atoms with Crippen molar-refractivity contribution in [3.05, 3.63) is 10.4 Å². The number of rotatable bonds is 13. The number of azide groups is 1. The van der Waals surface area contributed by atoms with Crippen LogP contribution >= 0.6 is 0 Å². The Morgan fingerprint density at radius 3 is 2.52 bits per heavy atom. The lowest BCUT2D eigenvalue weighted by atomic mass is 10.1. The first-order chi connectivity index (χ1) is 10.2. The molecule has 7 nitrogen and oxygen atoms in total. The molecule has 0 bridgehead atoms. The summed E-state index contributed by atoms with van der Waals surface area (Å²) in [5.74, 6) is -0.368. The number of hydrogen-bond donors (Lipinski definition) is 2. The highest BCUT2D eigenvalue weighted by atomic mass is 16.3. The predicted octanol–water partition coefficient (Wildman–Crippen LogP) is 2.48. The zero-order valence-electron chi connectivity index (χ0n) is 12.8. The summed E-state index contributed by atoms with van der Waals surface area (Å²) in [6, 6.07) is -0.795. The summed E-state index contributed by atoms with van der Waals surface area (Å²) in [5.41, 5.74) is 8.10. The van der Waals surface area contributed by atoms with E-state index < -0.39 is 6.04 Å². The Morgan fingerprint density at radius 2 is 1.90 bits per heavy atom. The summed E-state index contributed by atoms with van der Waals surface area (Å²) in [4.78, 5) is 26.1. The third-order valence-electron chi connectivity index (χ3n) is 3.16. The molecular formula is C14H26N4O3. The minimum Gasteiger partial charge on any atom is -0.394 e. The quantitative estimate of drug-likeness (QED) is 0.235. The Morgan fingerprint density at radius 1 is 1.19 bits per heavy atom. The number of ketones is 1. The third kappa shape index (κ3) is 10.8. The molecule has 1 amide bonds. The molecule has 0 rings (SSSR count). The number of aliphatic hydroxyl groups excluding tert-OH is 1. The van der Waals surface area contributed by atoms with Gasteiger partial charge in [0.2, 0.25) is 5.91 Å². The highest BCUT2D eigenvalue weighted by molar-refractivity contribution is 5.89. The Kier molecular flexibility index (Phi) is 12.4. The van der Waals surface area contributed by atoms with E-state index in [-0.39, 0.29) is 24.7 Å². The number of aliphatic hydroxyl groups is 1. The molecule has 0 aliphatic heterocycles. The standard InChI is InChI=1S/C14H26N4O3/c1-2-3-4-5-8-13(20)12(11-19)17-14(21)9-6-7-10-16-18-15/h12,19H,2-11H2,1H3,(H,17,21). The molecule has 0 aromatic carbocycles. The summed E-state index contributed by atoms with van der Waals surface area (Å²) in [5, 5.41) is 15.1. The van der Waals surface area contributed by atoms with Crippen LogP contribution in [0.2, 0.25) is 0 Å². The predicted molar refractivity (Wildman–Crippen MR) is 80.6 cm³/mol. The van der Waals surface area contributed by atoms with Gasteiger partial charge in [-0.1, -0.05) is 31.3 Å². The van der Waals surface area contributed by atoms with E-state index in [0.29, 0.717) is 25.8 Å². The fraction of sp³-hybridized carbons (Fsp3) is 0.857. The van der Waals surface area contributed by atoms with Crippen LogP contribution in [-0.2, 0) is 9.59 Å². The molecule has 2 N–H and O–H groups in total. The summed E-state index contributed by atoms with van der Waals surface area (Å²) < 4.78 is 0. The van der Waals surface area contributed by atoms with Gasteiger partial charge < -0.3 is 10.4 Å². The molecule has 0 aromatic heterocycles.